The average molecular weight is 642 g/mol. The fourth-order valence-corrected chi connectivity index (χ4v) is 4.82. The molecule has 0 aromatic heterocycles. The fraction of sp³-hybridized carbons (Fsp3) is 0.476. The molecule has 1 heterocycles. The van der Waals surface area contributed by atoms with Crippen molar-refractivity contribution in [2.24, 2.45) is 10.9 Å². The third-order valence-electron chi connectivity index (χ3n) is 7.57. The zero-order chi connectivity index (χ0) is 35.2. The topological polar surface area (TPSA) is 53.9 Å². The molecule has 0 aliphatic carbocycles. The molecule has 258 valence electrons. The highest BCUT2D eigenvalue weighted by Gasteiger charge is 2.14. The molecule has 3 rings (SSSR count). The number of carbonyl (C=O) groups excluding carboxylic acids is 1. The van der Waals surface area contributed by atoms with Gasteiger partial charge < -0.3 is 15.0 Å². The summed E-state index contributed by atoms with van der Waals surface area (Å²) in [5.74, 6) is 2.04. The second-order valence-corrected chi connectivity index (χ2v) is 12.3. The van der Waals surface area contributed by atoms with E-state index >= 15 is 0 Å². The minimum Gasteiger partial charge on any atom is -0.493 e. The number of rotatable bonds is 13. The van der Waals surface area contributed by atoms with Gasteiger partial charge in [-0.25, -0.2) is 0 Å². The molecule has 1 aliphatic rings. The Morgan fingerprint density at radius 1 is 1.02 bits per heavy atom. The Balaban J connectivity index is 0.00000124. The van der Waals surface area contributed by atoms with Crippen LogP contribution >= 0.6 is 0 Å². The summed E-state index contributed by atoms with van der Waals surface area (Å²) < 4.78 is 5.63. The van der Waals surface area contributed by atoms with Crippen LogP contribution in [0.3, 0.4) is 0 Å². The number of hydrogen-bond acceptors (Lipinski definition) is 3. The minimum absolute atomic E-state index is 0.00214. The summed E-state index contributed by atoms with van der Waals surface area (Å²) in [5, 5.41) is 3.50. The number of aliphatic imine (C=N–C) groups is 1. The van der Waals surface area contributed by atoms with E-state index in [2.05, 4.69) is 101 Å². The summed E-state index contributed by atoms with van der Waals surface area (Å²) in [4.78, 5) is 19.7. The number of unbranched alkanes of at least 4 members (excludes halogenated alkanes) is 3. The molecule has 0 fully saturated rings. The first-order valence-electron chi connectivity index (χ1n) is 17.7. The molecule has 5 nitrogen and oxygen atoms in total. The van der Waals surface area contributed by atoms with Crippen LogP contribution in [-0.4, -0.2) is 36.8 Å². The van der Waals surface area contributed by atoms with E-state index in [0.717, 1.165) is 41.2 Å². The molecule has 5 heteroatoms. The summed E-state index contributed by atoms with van der Waals surface area (Å²) >= 11 is 0. The number of amides is 1. The zero-order valence-corrected chi connectivity index (χ0v) is 31.4. The number of carbonyl (C=O) groups is 1. The Morgan fingerprint density at radius 2 is 1.68 bits per heavy atom. The van der Waals surface area contributed by atoms with Gasteiger partial charge in [-0.1, -0.05) is 121 Å². The number of nitrogens with zero attached hydrogens (tertiary/aromatic N) is 2. The van der Waals surface area contributed by atoms with Crippen molar-refractivity contribution >= 4 is 17.8 Å². The maximum absolute atomic E-state index is 13.0. The SMILES string of the molecule is CC.CCCCCC.C\C=C(C)/C(=C\C=C\c1ccc2c(c1)CCO2)NC(/C=C(\C)C(=O)N(C)CC(C)C)=NCc1ccc(C)cc1. The van der Waals surface area contributed by atoms with Crippen molar-refractivity contribution in [1.29, 1.82) is 0 Å². The fourth-order valence-electron chi connectivity index (χ4n) is 4.82. The zero-order valence-electron chi connectivity index (χ0n) is 31.4. The van der Waals surface area contributed by atoms with E-state index in [1.54, 1.807) is 4.90 Å². The highest BCUT2D eigenvalue weighted by Crippen LogP contribution is 2.26. The summed E-state index contributed by atoms with van der Waals surface area (Å²) in [6.45, 7) is 22.7. The lowest BCUT2D eigenvalue weighted by Gasteiger charge is -2.20. The van der Waals surface area contributed by atoms with E-state index in [9.17, 15) is 4.79 Å². The second-order valence-electron chi connectivity index (χ2n) is 12.3. The van der Waals surface area contributed by atoms with Crippen LogP contribution in [0, 0.1) is 12.8 Å². The van der Waals surface area contributed by atoms with Crippen LogP contribution in [0.25, 0.3) is 6.08 Å². The van der Waals surface area contributed by atoms with Gasteiger partial charge in [0.05, 0.1) is 13.2 Å². The van der Waals surface area contributed by atoms with Gasteiger partial charge in [-0.3, -0.25) is 9.79 Å². The molecule has 0 unspecified atom stereocenters. The molecule has 0 saturated heterocycles. The van der Waals surface area contributed by atoms with Gasteiger partial charge in [0.2, 0.25) is 5.91 Å². The second kappa shape index (κ2) is 23.5. The largest absolute Gasteiger partial charge is 0.493 e. The van der Waals surface area contributed by atoms with Gasteiger partial charge in [0, 0.05) is 31.3 Å². The summed E-state index contributed by atoms with van der Waals surface area (Å²) in [6, 6.07) is 14.7. The van der Waals surface area contributed by atoms with Crippen molar-refractivity contribution in [2.45, 2.75) is 108 Å². The lowest BCUT2D eigenvalue weighted by Crippen LogP contribution is -2.31. The molecule has 0 radical (unpaired) electrons. The molecule has 0 atom stereocenters. The van der Waals surface area contributed by atoms with Gasteiger partial charge in [-0.2, -0.15) is 0 Å². The smallest absolute Gasteiger partial charge is 0.249 e. The van der Waals surface area contributed by atoms with Crippen LogP contribution in [0.15, 0.2) is 88.6 Å². The van der Waals surface area contributed by atoms with E-state index in [1.165, 1.54) is 36.8 Å². The average Bonchev–Trinajstić information content (AvgIpc) is 3.54. The Labute approximate surface area is 287 Å². The number of amidine groups is 1. The van der Waals surface area contributed by atoms with Gasteiger partial charge in [0.1, 0.15) is 11.6 Å². The highest BCUT2D eigenvalue weighted by atomic mass is 16.5. The van der Waals surface area contributed by atoms with Crippen molar-refractivity contribution in [3.63, 3.8) is 0 Å². The minimum atomic E-state index is 0.00214. The number of nitrogens with one attached hydrogen (secondary N) is 1. The van der Waals surface area contributed by atoms with E-state index < -0.39 is 0 Å². The van der Waals surface area contributed by atoms with Gasteiger partial charge in [0.15, 0.2) is 0 Å². The van der Waals surface area contributed by atoms with Crippen molar-refractivity contribution in [3.8, 4) is 5.75 Å². The van der Waals surface area contributed by atoms with E-state index in [-0.39, 0.29) is 5.91 Å². The highest BCUT2D eigenvalue weighted by molar-refractivity contribution is 6.03. The Kier molecular flexibility index (Phi) is 20.5. The van der Waals surface area contributed by atoms with Crippen LogP contribution in [0.1, 0.15) is 110 Å². The molecule has 1 N–H and O–H groups in total. The molecule has 1 aliphatic heterocycles. The van der Waals surface area contributed by atoms with E-state index in [4.69, 9.17) is 9.73 Å². The van der Waals surface area contributed by atoms with E-state index in [1.807, 2.05) is 53.0 Å². The first kappa shape index (κ1) is 41.2. The van der Waals surface area contributed by atoms with Crippen molar-refractivity contribution < 1.29 is 9.53 Å². The third kappa shape index (κ3) is 16.0. The molecule has 2 aromatic rings. The van der Waals surface area contributed by atoms with Crippen LogP contribution in [0.5, 0.6) is 5.75 Å². The summed E-state index contributed by atoms with van der Waals surface area (Å²) in [7, 11) is 1.85. The number of aryl methyl sites for hydroxylation is 1. The van der Waals surface area contributed by atoms with Gasteiger partial charge in [-0.05, 0) is 80.2 Å². The summed E-state index contributed by atoms with van der Waals surface area (Å²) in [6.07, 6.45) is 16.6. The third-order valence-corrected chi connectivity index (χ3v) is 7.57. The van der Waals surface area contributed by atoms with Crippen LogP contribution in [0.2, 0.25) is 0 Å². The van der Waals surface area contributed by atoms with Crippen LogP contribution in [0.4, 0.5) is 0 Å². The van der Waals surface area contributed by atoms with Crippen molar-refractivity contribution in [1.82, 2.24) is 10.2 Å². The van der Waals surface area contributed by atoms with Gasteiger partial charge in [-0.15, -0.1) is 0 Å². The first-order chi connectivity index (χ1) is 22.6. The Morgan fingerprint density at radius 3 is 2.28 bits per heavy atom. The number of allylic oxidation sites excluding steroid dienone is 4. The quantitative estimate of drug-likeness (QED) is 0.0778. The van der Waals surface area contributed by atoms with Gasteiger partial charge in [0.25, 0.3) is 0 Å². The Hall–Kier alpha value is -3.86. The molecule has 1 amide bonds. The van der Waals surface area contributed by atoms with Crippen LogP contribution < -0.4 is 10.1 Å². The number of likely N-dealkylation sites (N-methyl/N-ethyl adjacent to an activating group) is 1. The molecule has 0 bridgehead atoms. The number of benzene rings is 2. The molecule has 2 aromatic carbocycles. The van der Waals surface area contributed by atoms with Gasteiger partial charge >= 0.3 is 0 Å². The molecular formula is C42H63N3O2. The molecule has 0 spiro atoms. The monoisotopic (exact) mass is 641 g/mol. The molecule has 47 heavy (non-hydrogen) atoms. The summed E-state index contributed by atoms with van der Waals surface area (Å²) in [5.41, 5.74) is 7.36. The van der Waals surface area contributed by atoms with Crippen molar-refractivity contribution in [3.05, 3.63) is 106 Å². The van der Waals surface area contributed by atoms with E-state index in [0.29, 0.717) is 30.4 Å². The molecular weight excluding hydrogens is 578 g/mol. The standard InChI is InChI=1S/C34H43N3O2.C6H14.C2H6/c1-8-26(5)31(11-9-10-28-16-17-32-30(21-28)18-19-39-32)36-33(35-22-29-14-12-25(4)13-15-29)20-27(6)34(38)37(7)23-24(2)3;1-3-5-6-4-2;1-2/h8-17,20-21,24H,18-19,22-23H2,1-7H3,(H,35,36);3-6H2,1-2H3;1-2H3/b10-9+,26-8-,27-20+,31-11+;;. The maximum Gasteiger partial charge on any atom is 0.249 e. The normalized spacial score (nSPS) is 13.4. The van der Waals surface area contributed by atoms with Crippen molar-refractivity contribution in [2.75, 3.05) is 20.2 Å². The maximum atomic E-state index is 13.0. The lowest BCUT2D eigenvalue weighted by atomic mass is 10.1. The predicted octanol–water partition coefficient (Wildman–Crippen LogP) is 10.7. The number of ether oxygens (including phenoxy) is 1. The number of hydrogen-bond donors (Lipinski definition) is 1. The molecule has 0 saturated carbocycles. The van der Waals surface area contributed by atoms with Crippen LogP contribution in [-0.2, 0) is 17.8 Å². The predicted molar refractivity (Wildman–Crippen MR) is 205 cm³/mol. The first-order valence-corrected chi connectivity index (χ1v) is 17.7. The Bertz CT molecular complexity index is 1360. The lowest BCUT2D eigenvalue weighted by molar-refractivity contribution is -0.126. The number of fused-ring (bicyclic) bond motifs is 1.